The van der Waals surface area contributed by atoms with Crippen LogP contribution in [0.25, 0.3) is 0 Å². The van der Waals surface area contributed by atoms with Crippen molar-refractivity contribution in [1.82, 2.24) is 15.5 Å². The molecule has 0 spiro atoms. The molecule has 4 atom stereocenters. The van der Waals surface area contributed by atoms with E-state index in [9.17, 15) is 19.5 Å². The summed E-state index contributed by atoms with van der Waals surface area (Å²) < 4.78 is 5.73. The molecule has 1 saturated heterocycles. The number of aryl methyl sites for hydroxylation is 1. The van der Waals surface area contributed by atoms with Gasteiger partial charge in [0, 0.05) is 23.9 Å². The minimum atomic E-state index is -0.714. The zero-order chi connectivity index (χ0) is 36.3. The third-order valence-corrected chi connectivity index (χ3v) is 9.67. The fraction of sp³-hybridized carbons (Fsp3) is 0.600. The average Bonchev–Trinajstić information content (AvgIpc) is 3.49. The van der Waals surface area contributed by atoms with Gasteiger partial charge in [0.25, 0.3) is 0 Å². The first-order valence-corrected chi connectivity index (χ1v) is 17.8. The molecule has 9 heteroatoms. The van der Waals surface area contributed by atoms with Gasteiger partial charge in [0.05, 0.1) is 23.5 Å². The first kappa shape index (κ1) is 37.9. The molecule has 4 unspecified atom stereocenters. The van der Waals surface area contributed by atoms with Gasteiger partial charge in [-0.15, -0.1) is 0 Å². The fourth-order valence-electron chi connectivity index (χ4n) is 6.72. The molecule has 1 aliphatic carbocycles. The zero-order valence-corrected chi connectivity index (χ0v) is 31.3. The summed E-state index contributed by atoms with van der Waals surface area (Å²) in [7, 11) is 0. The van der Waals surface area contributed by atoms with Gasteiger partial charge in [-0.25, -0.2) is 4.79 Å². The second-order valence-electron chi connectivity index (χ2n) is 17.0. The van der Waals surface area contributed by atoms with Gasteiger partial charge in [-0.2, -0.15) is 0 Å². The Bertz CT molecular complexity index is 1550. The van der Waals surface area contributed by atoms with E-state index in [4.69, 9.17) is 9.73 Å². The lowest BCUT2D eigenvalue weighted by atomic mass is 9.85. The van der Waals surface area contributed by atoms with Gasteiger partial charge in [0.2, 0.25) is 5.91 Å². The van der Waals surface area contributed by atoms with E-state index in [2.05, 4.69) is 29.7 Å². The molecule has 0 bridgehead atoms. The summed E-state index contributed by atoms with van der Waals surface area (Å²) in [5, 5.41) is 17.5. The number of amides is 3. The van der Waals surface area contributed by atoms with E-state index < -0.39 is 22.3 Å². The number of likely N-dealkylation sites (tertiary alicyclic amines) is 1. The molecule has 268 valence electrons. The third kappa shape index (κ3) is 9.43. The van der Waals surface area contributed by atoms with E-state index in [1.165, 1.54) is 0 Å². The molecule has 1 saturated carbocycles. The maximum Gasteiger partial charge on any atom is 0.316 e. The maximum absolute atomic E-state index is 14.1. The largest absolute Gasteiger partial charge is 0.507 e. The van der Waals surface area contributed by atoms with Gasteiger partial charge in [-0.1, -0.05) is 78.6 Å². The number of rotatable bonds is 7. The van der Waals surface area contributed by atoms with Gasteiger partial charge < -0.3 is 25.4 Å². The quantitative estimate of drug-likeness (QED) is 0.158. The second kappa shape index (κ2) is 14.9. The molecule has 2 aliphatic rings. The van der Waals surface area contributed by atoms with Gasteiger partial charge in [-0.3, -0.25) is 14.6 Å². The van der Waals surface area contributed by atoms with Gasteiger partial charge in [-0.05, 0) is 87.5 Å². The lowest BCUT2D eigenvalue weighted by molar-refractivity contribution is -0.143. The van der Waals surface area contributed by atoms with Crippen LogP contribution in [0.4, 0.5) is 4.79 Å². The lowest BCUT2D eigenvalue weighted by Gasteiger charge is -2.37. The summed E-state index contributed by atoms with van der Waals surface area (Å²) in [5.41, 5.74) is 1.79. The van der Waals surface area contributed by atoms with Crippen molar-refractivity contribution in [3.63, 3.8) is 0 Å². The molecular formula is C40H58N4O5. The minimum absolute atomic E-state index is 0.00817. The highest BCUT2D eigenvalue weighted by atomic mass is 16.5. The highest BCUT2D eigenvalue weighted by Crippen LogP contribution is 2.38. The number of nitrogens with zero attached hydrogens (tertiary/aromatic N) is 2. The first-order chi connectivity index (χ1) is 22.8. The zero-order valence-electron chi connectivity index (χ0n) is 31.3. The Morgan fingerprint density at radius 3 is 2.27 bits per heavy atom. The summed E-state index contributed by atoms with van der Waals surface area (Å²) in [6.45, 7) is 20.0. The molecule has 4 rings (SSSR count). The Hall–Kier alpha value is -3.88. The number of aromatic hydroxyl groups is 1. The van der Waals surface area contributed by atoms with Crippen molar-refractivity contribution in [2.75, 3.05) is 6.54 Å². The Kier molecular flexibility index (Phi) is 11.6. The summed E-state index contributed by atoms with van der Waals surface area (Å²) in [5.74, 6) is -0.000533. The van der Waals surface area contributed by atoms with E-state index in [-0.39, 0.29) is 41.8 Å². The molecular weight excluding hydrogens is 616 g/mol. The number of phenols is 1. The van der Waals surface area contributed by atoms with Crippen LogP contribution in [-0.4, -0.2) is 58.8 Å². The molecule has 2 fully saturated rings. The molecule has 0 aromatic heterocycles. The van der Waals surface area contributed by atoms with Crippen LogP contribution in [0, 0.1) is 17.8 Å². The number of nitrogens with one attached hydrogen (secondary N) is 2. The summed E-state index contributed by atoms with van der Waals surface area (Å²) in [6, 6.07) is 9.96. The summed E-state index contributed by atoms with van der Waals surface area (Å²) in [6.07, 6.45) is 6.86. The highest BCUT2D eigenvalue weighted by molar-refractivity contribution is 5.89. The normalized spacial score (nSPS) is 21.0. The summed E-state index contributed by atoms with van der Waals surface area (Å²) in [4.78, 5) is 47.3. The topological polar surface area (TPSA) is 120 Å². The third-order valence-electron chi connectivity index (χ3n) is 9.67. The van der Waals surface area contributed by atoms with Crippen molar-refractivity contribution >= 4 is 24.1 Å². The number of phenolic OH excluding ortho intramolecular Hbond substituents is 1. The van der Waals surface area contributed by atoms with E-state index >= 15 is 0 Å². The number of benzene rings is 2. The van der Waals surface area contributed by atoms with Crippen LogP contribution in [0.3, 0.4) is 0 Å². The first-order valence-electron chi connectivity index (χ1n) is 17.8. The van der Waals surface area contributed by atoms with Gasteiger partial charge in [0.1, 0.15) is 17.5 Å². The monoisotopic (exact) mass is 674 g/mol. The number of carbonyl (C=O) groups is 3. The number of ether oxygens (including phenoxy) is 1. The standard InChI is InChI=1S/C40H58N4O5/c1-25-16-11-12-17-28(25)32-20-15-21-44(32)35(46)34(39(5,6)7)43-37(48)42-31-19-14-13-18-30(31)41-24-26-22-27(49-36(47)40(8,9)10)23-29(33(26)45)38(2,3)4/h11-12,16-17,22-24,30-32,34,45H,13-15,18-21H2,1-10H3,(H2,42,43,48). The van der Waals surface area contributed by atoms with Crippen LogP contribution < -0.4 is 15.4 Å². The van der Waals surface area contributed by atoms with E-state index in [1.807, 2.05) is 58.6 Å². The van der Waals surface area contributed by atoms with Crippen molar-refractivity contribution in [3.05, 3.63) is 58.7 Å². The SMILES string of the molecule is Cc1ccccc1C1CCCN1C(=O)C(NC(=O)NC1CCCCC1N=Cc1cc(OC(=O)C(C)(C)C)cc(C(C)(C)C)c1O)C(C)(C)C. The number of hydrogen-bond donors (Lipinski definition) is 3. The van der Waals surface area contributed by atoms with Crippen LogP contribution in [0.2, 0.25) is 0 Å². The number of urea groups is 1. The molecule has 3 N–H and O–H groups in total. The molecule has 49 heavy (non-hydrogen) atoms. The van der Waals surface area contributed by atoms with Crippen molar-refractivity contribution in [2.45, 2.75) is 137 Å². The van der Waals surface area contributed by atoms with Crippen LogP contribution >= 0.6 is 0 Å². The highest BCUT2D eigenvalue weighted by Gasteiger charge is 2.41. The Morgan fingerprint density at radius 1 is 0.959 bits per heavy atom. The smallest absolute Gasteiger partial charge is 0.316 e. The van der Waals surface area contributed by atoms with Crippen LogP contribution in [0.1, 0.15) is 129 Å². The Balaban J connectivity index is 1.52. The van der Waals surface area contributed by atoms with Crippen molar-refractivity contribution < 1.29 is 24.2 Å². The Morgan fingerprint density at radius 2 is 1.63 bits per heavy atom. The number of carbonyl (C=O) groups excluding carboxylic acids is 3. The molecule has 2 aromatic rings. The predicted molar refractivity (Wildman–Crippen MR) is 195 cm³/mol. The van der Waals surface area contributed by atoms with Crippen molar-refractivity contribution in [1.29, 1.82) is 0 Å². The average molecular weight is 675 g/mol. The van der Waals surface area contributed by atoms with Crippen LogP contribution in [0.5, 0.6) is 11.5 Å². The molecule has 2 aromatic carbocycles. The maximum atomic E-state index is 14.1. The molecule has 3 amide bonds. The number of aliphatic imine (C=N–C) groups is 1. The molecule has 0 radical (unpaired) electrons. The van der Waals surface area contributed by atoms with E-state index in [1.54, 1.807) is 39.1 Å². The number of esters is 1. The van der Waals surface area contributed by atoms with Crippen LogP contribution in [-0.2, 0) is 15.0 Å². The predicted octanol–water partition coefficient (Wildman–Crippen LogP) is 7.76. The second-order valence-corrected chi connectivity index (χ2v) is 17.0. The van der Waals surface area contributed by atoms with Gasteiger partial charge in [0.15, 0.2) is 0 Å². The van der Waals surface area contributed by atoms with Crippen LogP contribution in [0.15, 0.2) is 41.4 Å². The lowest BCUT2D eigenvalue weighted by Crippen LogP contribution is -2.58. The van der Waals surface area contributed by atoms with E-state index in [0.29, 0.717) is 23.4 Å². The van der Waals surface area contributed by atoms with Crippen molar-refractivity contribution in [2.24, 2.45) is 15.8 Å². The fourth-order valence-corrected chi connectivity index (χ4v) is 6.72. The summed E-state index contributed by atoms with van der Waals surface area (Å²) >= 11 is 0. The Labute approximate surface area is 293 Å². The van der Waals surface area contributed by atoms with Gasteiger partial charge >= 0.3 is 12.0 Å². The molecule has 1 aliphatic heterocycles. The van der Waals surface area contributed by atoms with Crippen molar-refractivity contribution in [3.8, 4) is 11.5 Å². The number of hydrogen-bond acceptors (Lipinski definition) is 6. The molecule has 9 nitrogen and oxygen atoms in total. The minimum Gasteiger partial charge on any atom is -0.507 e. The van der Waals surface area contributed by atoms with E-state index in [0.717, 1.165) is 49.7 Å². The molecule has 1 heterocycles.